The van der Waals surface area contributed by atoms with Crippen LogP contribution in [-0.4, -0.2) is 33.6 Å². The number of carbonyl (C=O) groups is 1. The Morgan fingerprint density at radius 1 is 1.33 bits per heavy atom. The molecule has 1 aromatic heterocycles. The summed E-state index contributed by atoms with van der Waals surface area (Å²) in [6, 6.07) is 7.76. The van der Waals surface area contributed by atoms with Gasteiger partial charge in [-0.25, -0.2) is 4.79 Å². The van der Waals surface area contributed by atoms with Gasteiger partial charge < -0.3 is 20.5 Å². The van der Waals surface area contributed by atoms with E-state index in [0.29, 0.717) is 19.0 Å². The summed E-state index contributed by atoms with van der Waals surface area (Å²) in [6.07, 6.45) is 1.05. The molecule has 24 heavy (non-hydrogen) atoms. The monoisotopic (exact) mass is 329 g/mol. The standard InChI is InChI=1S/C16H19N5O3/c1-10-4-6-11(7-5-10)18-16-20-13(19-15(17)21-16)9-24-14(22)12-3-2-8-23-12/h4-7,12H,2-3,8-9H2,1H3,(H3,17,18,19,20,21)/t12-/m0/s1. The van der Waals surface area contributed by atoms with E-state index in [2.05, 4.69) is 20.3 Å². The molecule has 0 amide bonds. The van der Waals surface area contributed by atoms with Crippen molar-refractivity contribution in [2.75, 3.05) is 17.7 Å². The van der Waals surface area contributed by atoms with Gasteiger partial charge in [-0.3, -0.25) is 0 Å². The first-order valence-electron chi connectivity index (χ1n) is 7.72. The second kappa shape index (κ2) is 7.22. The third-order valence-corrected chi connectivity index (χ3v) is 3.54. The Morgan fingerprint density at radius 2 is 2.12 bits per heavy atom. The number of nitrogen functional groups attached to an aromatic ring is 1. The number of aryl methyl sites for hydroxylation is 1. The van der Waals surface area contributed by atoms with Gasteiger partial charge in [0.2, 0.25) is 11.9 Å². The molecule has 8 heteroatoms. The lowest BCUT2D eigenvalue weighted by molar-refractivity contribution is -0.155. The van der Waals surface area contributed by atoms with Crippen LogP contribution in [0.1, 0.15) is 24.2 Å². The minimum Gasteiger partial charge on any atom is -0.456 e. The van der Waals surface area contributed by atoms with E-state index in [-0.39, 0.29) is 18.4 Å². The van der Waals surface area contributed by atoms with Crippen molar-refractivity contribution in [1.29, 1.82) is 0 Å². The second-order valence-electron chi connectivity index (χ2n) is 5.53. The summed E-state index contributed by atoms with van der Waals surface area (Å²) in [7, 11) is 0. The summed E-state index contributed by atoms with van der Waals surface area (Å²) >= 11 is 0. The summed E-state index contributed by atoms with van der Waals surface area (Å²) in [5.41, 5.74) is 7.68. The van der Waals surface area contributed by atoms with Gasteiger partial charge in [0.25, 0.3) is 0 Å². The molecule has 1 aliphatic rings. The quantitative estimate of drug-likeness (QED) is 0.798. The SMILES string of the molecule is Cc1ccc(Nc2nc(N)nc(COC(=O)[C@@H]3CCCO3)n2)cc1. The van der Waals surface area contributed by atoms with E-state index in [4.69, 9.17) is 15.2 Å². The van der Waals surface area contributed by atoms with Gasteiger partial charge in [0, 0.05) is 12.3 Å². The van der Waals surface area contributed by atoms with Crippen LogP contribution in [0.3, 0.4) is 0 Å². The highest BCUT2D eigenvalue weighted by Crippen LogP contribution is 2.16. The van der Waals surface area contributed by atoms with Crippen molar-refractivity contribution >= 4 is 23.6 Å². The average molecular weight is 329 g/mol. The third-order valence-electron chi connectivity index (χ3n) is 3.54. The van der Waals surface area contributed by atoms with Crippen LogP contribution in [0.4, 0.5) is 17.6 Å². The zero-order valence-electron chi connectivity index (χ0n) is 13.4. The van der Waals surface area contributed by atoms with Gasteiger partial charge in [0.15, 0.2) is 18.5 Å². The third kappa shape index (κ3) is 4.17. The number of benzene rings is 1. The molecule has 3 N–H and O–H groups in total. The molecule has 1 saturated heterocycles. The van der Waals surface area contributed by atoms with Gasteiger partial charge in [-0.15, -0.1) is 0 Å². The van der Waals surface area contributed by atoms with Crippen LogP contribution < -0.4 is 11.1 Å². The molecule has 1 aliphatic heterocycles. The smallest absolute Gasteiger partial charge is 0.335 e. The average Bonchev–Trinajstić information content (AvgIpc) is 3.09. The van der Waals surface area contributed by atoms with Crippen LogP contribution in [-0.2, 0) is 20.9 Å². The maximum absolute atomic E-state index is 11.8. The van der Waals surface area contributed by atoms with Crippen LogP contribution in [0.5, 0.6) is 0 Å². The van der Waals surface area contributed by atoms with Crippen molar-refractivity contribution in [3.63, 3.8) is 0 Å². The first-order valence-corrected chi connectivity index (χ1v) is 7.72. The summed E-state index contributed by atoms with van der Waals surface area (Å²) < 4.78 is 10.5. The molecule has 1 aromatic carbocycles. The fourth-order valence-electron chi connectivity index (χ4n) is 2.32. The molecular formula is C16H19N5O3. The van der Waals surface area contributed by atoms with Crippen molar-refractivity contribution in [1.82, 2.24) is 15.0 Å². The molecule has 126 valence electrons. The first-order chi connectivity index (χ1) is 11.6. The number of nitrogens with zero attached hydrogens (tertiary/aromatic N) is 3. The van der Waals surface area contributed by atoms with E-state index in [1.807, 2.05) is 31.2 Å². The van der Waals surface area contributed by atoms with Crippen LogP contribution in [0, 0.1) is 6.92 Å². The normalized spacial score (nSPS) is 16.8. The Hall–Kier alpha value is -2.74. The number of hydrogen-bond acceptors (Lipinski definition) is 8. The summed E-state index contributed by atoms with van der Waals surface area (Å²) in [5, 5.41) is 3.05. The molecule has 1 atom stereocenters. The summed E-state index contributed by atoms with van der Waals surface area (Å²) in [4.78, 5) is 24.1. The highest BCUT2D eigenvalue weighted by atomic mass is 16.6. The molecule has 2 aromatic rings. The molecule has 0 aliphatic carbocycles. The fourth-order valence-corrected chi connectivity index (χ4v) is 2.32. The topological polar surface area (TPSA) is 112 Å². The number of carbonyl (C=O) groups excluding carboxylic acids is 1. The molecule has 8 nitrogen and oxygen atoms in total. The minimum absolute atomic E-state index is 0.0581. The highest BCUT2D eigenvalue weighted by Gasteiger charge is 2.25. The number of nitrogens with two attached hydrogens (primary N) is 1. The van der Waals surface area contributed by atoms with Crippen molar-refractivity contribution in [3.8, 4) is 0 Å². The van der Waals surface area contributed by atoms with Crippen molar-refractivity contribution in [3.05, 3.63) is 35.7 Å². The van der Waals surface area contributed by atoms with E-state index in [1.54, 1.807) is 0 Å². The van der Waals surface area contributed by atoms with Crippen molar-refractivity contribution in [2.24, 2.45) is 0 Å². The number of hydrogen-bond donors (Lipinski definition) is 2. The Morgan fingerprint density at radius 3 is 2.83 bits per heavy atom. The van der Waals surface area contributed by atoms with Gasteiger partial charge in [-0.05, 0) is 31.9 Å². The highest BCUT2D eigenvalue weighted by molar-refractivity contribution is 5.74. The van der Waals surface area contributed by atoms with Gasteiger partial charge >= 0.3 is 5.97 Å². The van der Waals surface area contributed by atoms with E-state index in [9.17, 15) is 4.79 Å². The van der Waals surface area contributed by atoms with Crippen LogP contribution in [0.15, 0.2) is 24.3 Å². The number of rotatable bonds is 5. The number of ether oxygens (including phenoxy) is 2. The van der Waals surface area contributed by atoms with Gasteiger partial charge in [0.05, 0.1) is 0 Å². The minimum atomic E-state index is -0.491. The lowest BCUT2D eigenvalue weighted by atomic mass is 10.2. The molecule has 0 spiro atoms. The molecular weight excluding hydrogens is 310 g/mol. The Bertz CT molecular complexity index is 714. The van der Waals surface area contributed by atoms with Crippen molar-refractivity contribution in [2.45, 2.75) is 32.5 Å². The van der Waals surface area contributed by atoms with Crippen LogP contribution >= 0.6 is 0 Å². The van der Waals surface area contributed by atoms with Crippen LogP contribution in [0.2, 0.25) is 0 Å². The largest absolute Gasteiger partial charge is 0.456 e. The Labute approximate surface area is 139 Å². The Kier molecular flexibility index (Phi) is 4.85. The number of esters is 1. The van der Waals surface area contributed by atoms with E-state index >= 15 is 0 Å². The maximum Gasteiger partial charge on any atom is 0.335 e. The molecule has 0 radical (unpaired) electrons. The van der Waals surface area contributed by atoms with Crippen LogP contribution in [0.25, 0.3) is 0 Å². The Balaban J connectivity index is 1.64. The first kappa shape index (κ1) is 16.1. The molecule has 3 rings (SSSR count). The van der Waals surface area contributed by atoms with E-state index in [1.165, 1.54) is 0 Å². The maximum atomic E-state index is 11.8. The molecule has 1 fully saturated rings. The van der Waals surface area contributed by atoms with Gasteiger partial charge in [0.1, 0.15) is 0 Å². The number of nitrogens with one attached hydrogen (secondary N) is 1. The van der Waals surface area contributed by atoms with Gasteiger partial charge in [-0.2, -0.15) is 15.0 Å². The predicted molar refractivity (Wildman–Crippen MR) is 87.5 cm³/mol. The predicted octanol–water partition coefficient (Wildman–Crippen LogP) is 1.73. The van der Waals surface area contributed by atoms with E-state index in [0.717, 1.165) is 17.7 Å². The molecule has 0 bridgehead atoms. The van der Waals surface area contributed by atoms with Crippen molar-refractivity contribution < 1.29 is 14.3 Å². The van der Waals surface area contributed by atoms with E-state index < -0.39 is 12.1 Å². The zero-order chi connectivity index (χ0) is 16.9. The molecule has 0 saturated carbocycles. The van der Waals surface area contributed by atoms with Gasteiger partial charge in [-0.1, -0.05) is 17.7 Å². The zero-order valence-corrected chi connectivity index (χ0v) is 13.4. The fraction of sp³-hybridized carbons (Fsp3) is 0.375. The molecule has 0 unspecified atom stereocenters. The summed E-state index contributed by atoms with van der Waals surface area (Å²) in [6.45, 7) is 2.52. The summed E-state index contributed by atoms with van der Waals surface area (Å²) in [5.74, 6) is 0.236. The number of anilines is 3. The second-order valence-corrected chi connectivity index (χ2v) is 5.53. The number of aromatic nitrogens is 3. The molecule has 2 heterocycles. The lowest BCUT2D eigenvalue weighted by Gasteiger charge is -2.10. The lowest BCUT2D eigenvalue weighted by Crippen LogP contribution is -2.22.